The van der Waals surface area contributed by atoms with Crippen LogP contribution in [0.5, 0.6) is 5.75 Å². The molecular weight excluding hydrogens is 408 g/mol. The van der Waals surface area contributed by atoms with Crippen LogP contribution in [-0.4, -0.2) is 58.3 Å². The topological polar surface area (TPSA) is 87.6 Å². The van der Waals surface area contributed by atoms with Gasteiger partial charge in [-0.25, -0.2) is 4.68 Å². The average Bonchev–Trinajstić information content (AvgIpc) is 2.82. The highest BCUT2D eigenvalue weighted by Crippen LogP contribution is 2.15. The summed E-state index contributed by atoms with van der Waals surface area (Å²) in [5.41, 5.74) is 0.608. The van der Waals surface area contributed by atoms with Crippen molar-refractivity contribution in [1.82, 2.24) is 19.6 Å². The summed E-state index contributed by atoms with van der Waals surface area (Å²) in [4.78, 5) is 41.6. The van der Waals surface area contributed by atoms with E-state index in [-0.39, 0.29) is 30.0 Å². The Morgan fingerprint density at radius 2 is 1.66 bits per heavy atom. The lowest BCUT2D eigenvalue weighted by Crippen LogP contribution is -2.48. The van der Waals surface area contributed by atoms with Crippen LogP contribution in [0.25, 0.3) is 10.8 Å². The van der Waals surface area contributed by atoms with Crippen LogP contribution in [0.1, 0.15) is 18.9 Å². The Labute approximate surface area is 186 Å². The number of benzene rings is 2. The summed E-state index contributed by atoms with van der Waals surface area (Å²) in [7, 11) is 0. The van der Waals surface area contributed by atoms with E-state index in [1.807, 2.05) is 24.0 Å². The molecule has 168 valence electrons. The largest absolute Gasteiger partial charge is 0.494 e. The number of aryl methyl sites for hydroxylation is 1. The van der Waals surface area contributed by atoms with Crippen LogP contribution in [-0.2, 0) is 17.9 Å². The van der Waals surface area contributed by atoms with E-state index in [4.69, 9.17) is 4.74 Å². The van der Waals surface area contributed by atoms with Crippen LogP contribution < -0.4 is 15.9 Å². The molecule has 0 spiro atoms. The molecule has 1 aromatic heterocycles. The monoisotopic (exact) mass is 436 g/mol. The van der Waals surface area contributed by atoms with Gasteiger partial charge in [0.15, 0.2) is 0 Å². The van der Waals surface area contributed by atoms with Crippen LogP contribution in [0.4, 0.5) is 0 Å². The lowest BCUT2D eigenvalue weighted by atomic mass is 10.2. The Hall–Kier alpha value is -3.39. The van der Waals surface area contributed by atoms with Gasteiger partial charge in [0.2, 0.25) is 5.91 Å². The van der Waals surface area contributed by atoms with Gasteiger partial charge >= 0.3 is 0 Å². The number of ether oxygens (including phenoxy) is 1. The molecule has 2 heterocycles. The molecule has 8 heteroatoms. The van der Waals surface area contributed by atoms with Crippen LogP contribution in [0, 0.1) is 0 Å². The molecule has 8 nitrogen and oxygen atoms in total. The number of aromatic nitrogens is 2. The lowest BCUT2D eigenvalue weighted by molar-refractivity contribution is -0.133. The van der Waals surface area contributed by atoms with Gasteiger partial charge in [-0.2, -0.15) is 0 Å². The molecule has 0 unspecified atom stereocenters. The Bertz CT molecular complexity index is 1190. The number of amides is 1. The average molecular weight is 437 g/mol. The van der Waals surface area contributed by atoms with Crippen LogP contribution in [0.2, 0.25) is 0 Å². The molecule has 4 rings (SSSR count). The zero-order valence-electron chi connectivity index (χ0n) is 18.3. The third kappa shape index (κ3) is 4.91. The highest BCUT2D eigenvalue weighted by atomic mass is 16.5. The number of H-pyrrole nitrogens is 1. The van der Waals surface area contributed by atoms with E-state index in [2.05, 4.69) is 22.1 Å². The number of fused-ring (bicyclic) bond motifs is 1. The van der Waals surface area contributed by atoms with Crippen molar-refractivity contribution in [2.75, 3.05) is 32.8 Å². The lowest BCUT2D eigenvalue weighted by Gasteiger charge is -2.34. The summed E-state index contributed by atoms with van der Waals surface area (Å²) >= 11 is 0. The van der Waals surface area contributed by atoms with E-state index in [1.165, 1.54) is 10.2 Å². The first-order chi connectivity index (χ1) is 15.5. The molecule has 0 aliphatic carbocycles. The Kier molecular flexibility index (Phi) is 6.70. The summed E-state index contributed by atoms with van der Waals surface area (Å²) in [5.74, 6) is 0.866. The predicted molar refractivity (Wildman–Crippen MR) is 123 cm³/mol. The van der Waals surface area contributed by atoms with E-state index in [0.29, 0.717) is 30.5 Å². The second-order valence-corrected chi connectivity index (χ2v) is 7.93. The van der Waals surface area contributed by atoms with Crippen LogP contribution in [0.15, 0.2) is 58.1 Å². The first-order valence-electron chi connectivity index (χ1n) is 11.0. The maximum Gasteiger partial charge on any atom is 0.273 e. The van der Waals surface area contributed by atoms with Crippen molar-refractivity contribution < 1.29 is 9.53 Å². The van der Waals surface area contributed by atoms with E-state index in [9.17, 15) is 14.4 Å². The van der Waals surface area contributed by atoms with Crippen LogP contribution in [0.3, 0.4) is 0 Å². The first kappa shape index (κ1) is 21.8. The number of carbonyl (C=O) groups excluding carboxylic acids is 1. The summed E-state index contributed by atoms with van der Waals surface area (Å²) in [6.45, 7) is 6.51. The normalized spacial score (nSPS) is 14.6. The van der Waals surface area contributed by atoms with Gasteiger partial charge in [0, 0.05) is 39.1 Å². The fraction of sp³-hybridized carbons (Fsp3) is 0.375. The molecule has 1 aliphatic rings. The van der Waals surface area contributed by atoms with E-state index < -0.39 is 0 Å². The number of hydrogen-bond donors (Lipinski definition) is 1. The molecule has 3 aromatic rings. The highest BCUT2D eigenvalue weighted by Gasteiger charge is 2.21. The standard InChI is InChI=1S/C24H28N4O4/c1-2-32-19-9-7-18(8-10-19)17-26-13-15-27(16-14-26)22(29)11-12-28-24(31)21-6-4-3-5-20(21)23(30)25-28/h3-10H,2,11-17H2,1H3,(H,25,30). The fourth-order valence-corrected chi connectivity index (χ4v) is 4.04. The highest BCUT2D eigenvalue weighted by molar-refractivity contribution is 5.80. The molecule has 0 atom stereocenters. The number of hydrogen-bond acceptors (Lipinski definition) is 5. The molecule has 1 N–H and O–H groups in total. The fourth-order valence-electron chi connectivity index (χ4n) is 4.04. The van der Waals surface area contributed by atoms with Crippen molar-refractivity contribution in [3.63, 3.8) is 0 Å². The quantitative estimate of drug-likeness (QED) is 0.611. The molecule has 0 bridgehead atoms. The third-order valence-corrected chi connectivity index (χ3v) is 5.80. The molecule has 1 saturated heterocycles. The Morgan fingerprint density at radius 3 is 2.34 bits per heavy atom. The van der Waals surface area contributed by atoms with Gasteiger partial charge in [0.05, 0.1) is 23.9 Å². The molecule has 0 radical (unpaired) electrons. The predicted octanol–water partition coefficient (Wildman–Crippen LogP) is 1.82. The zero-order valence-corrected chi connectivity index (χ0v) is 18.3. The molecule has 1 aliphatic heterocycles. The van der Waals surface area contributed by atoms with E-state index >= 15 is 0 Å². The van der Waals surface area contributed by atoms with Crippen molar-refractivity contribution in [2.24, 2.45) is 0 Å². The van der Waals surface area contributed by atoms with E-state index in [1.54, 1.807) is 24.3 Å². The minimum Gasteiger partial charge on any atom is -0.494 e. The van der Waals surface area contributed by atoms with Crippen molar-refractivity contribution >= 4 is 16.7 Å². The number of nitrogens with zero attached hydrogens (tertiary/aromatic N) is 3. The maximum atomic E-state index is 12.7. The second-order valence-electron chi connectivity index (χ2n) is 7.93. The Balaban J connectivity index is 1.29. The van der Waals surface area contributed by atoms with Gasteiger partial charge in [-0.1, -0.05) is 24.3 Å². The van der Waals surface area contributed by atoms with Crippen LogP contribution >= 0.6 is 0 Å². The van der Waals surface area contributed by atoms with Crippen molar-refractivity contribution in [3.8, 4) is 5.75 Å². The first-order valence-corrected chi connectivity index (χ1v) is 11.0. The minimum atomic E-state index is -0.324. The van der Waals surface area contributed by atoms with Crippen molar-refractivity contribution in [2.45, 2.75) is 26.4 Å². The van der Waals surface area contributed by atoms with Gasteiger partial charge in [0.1, 0.15) is 5.75 Å². The summed E-state index contributed by atoms with van der Waals surface area (Å²) in [5, 5.41) is 3.32. The number of carbonyl (C=O) groups is 1. The molecular formula is C24H28N4O4. The summed E-state index contributed by atoms with van der Waals surface area (Å²) in [6.07, 6.45) is 0.174. The summed E-state index contributed by atoms with van der Waals surface area (Å²) in [6, 6.07) is 14.8. The molecule has 1 amide bonds. The SMILES string of the molecule is CCOc1ccc(CN2CCN(C(=O)CCn3[nH]c(=O)c4ccccc4c3=O)CC2)cc1. The minimum absolute atomic E-state index is 0.00775. The number of nitrogens with one attached hydrogen (secondary N) is 1. The maximum absolute atomic E-state index is 12.7. The zero-order chi connectivity index (χ0) is 22.5. The Morgan fingerprint density at radius 1 is 0.969 bits per heavy atom. The van der Waals surface area contributed by atoms with Gasteiger partial charge < -0.3 is 9.64 Å². The van der Waals surface area contributed by atoms with Crippen molar-refractivity contribution in [1.29, 1.82) is 0 Å². The number of rotatable bonds is 7. The smallest absolute Gasteiger partial charge is 0.273 e. The third-order valence-electron chi connectivity index (χ3n) is 5.80. The van der Waals surface area contributed by atoms with Gasteiger partial charge in [-0.15, -0.1) is 0 Å². The van der Waals surface area contributed by atoms with Gasteiger partial charge in [-0.05, 0) is 36.8 Å². The summed E-state index contributed by atoms with van der Waals surface area (Å²) < 4.78 is 6.72. The molecule has 1 fully saturated rings. The molecule has 32 heavy (non-hydrogen) atoms. The second kappa shape index (κ2) is 9.82. The molecule has 2 aromatic carbocycles. The number of aromatic amines is 1. The molecule has 0 saturated carbocycles. The van der Waals surface area contributed by atoms with Gasteiger partial charge in [-0.3, -0.25) is 24.4 Å². The van der Waals surface area contributed by atoms with Crippen molar-refractivity contribution in [3.05, 3.63) is 74.8 Å². The number of piperazine rings is 1. The van der Waals surface area contributed by atoms with Gasteiger partial charge in [0.25, 0.3) is 11.1 Å². The van der Waals surface area contributed by atoms with E-state index in [0.717, 1.165) is 25.4 Å².